The second-order valence-electron chi connectivity index (χ2n) is 6.03. The Morgan fingerprint density at radius 2 is 1.68 bits per heavy atom. The number of hydrogen-bond donors (Lipinski definition) is 3. The molecule has 5 atom stereocenters. The molecule has 0 bridgehead atoms. The first-order chi connectivity index (χ1) is 13.5. The van der Waals surface area contributed by atoms with Crippen LogP contribution in [0.3, 0.4) is 0 Å². The first-order valence-electron chi connectivity index (χ1n) is 8.46. The molecule has 1 aliphatic heterocycles. The molecule has 7 nitrogen and oxygen atoms in total. The first kappa shape index (κ1) is 20.4. The molecule has 2 aromatic rings. The summed E-state index contributed by atoms with van der Waals surface area (Å²) in [5.74, 6) is 0.197. The highest BCUT2D eigenvalue weighted by Crippen LogP contribution is 2.26. The number of hydrogen-bond acceptors (Lipinski definition) is 8. The van der Waals surface area contributed by atoms with Crippen LogP contribution in [0.4, 0.5) is 4.39 Å². The topological polar surface area (TPSA) is 97.6 Å². The summed E-state index contributed by atoms with van der Waals surface area (Å²) in [5, 5.41) is 30.0. The third-order valence-corrected chi connectivity index (χ3v) is 4.24. The lowest BCUT2D eigenvalue weighted by Crippen LogP contribution is -2.61. The van der Waals surface area contributed by atoms with Crippen LogP contribution >= 0.6 is 12.2 Å². The Bertz CT molecular complexity index is 774. The second kappa shape index (κ2) is 9.26. The van der Waals surface area contributed by atoms with Gasteiger partial charge < -0.3 is 34.3 Å². The summed E-state index contributed by atoms with van der Waals surface area (Å²) in [4.78, 5) is 0. The molecule has 1 aliphatic rings. The number of aliphatic hydroxyl groups excluding tert-OH is 3. The molecule has 3 N–H and O–H groups in total. The van der Waals surface area contributed by atoms with Crippen molar-refractivity contribution < 1.29 is 38.7 Å². The lowest BCUT2D eigenvalue weighted by atomic mass is 9.99. The number of para-hydroxylation sites is 1. The Morgan fingerprint density at radius 1 is 1.00 bits per heavy atom. The van der Waals surface area contributed by atoms with E-state index in [0.717, 1.165) is 0 Å². The Morgan fingerprint density at radius 3 is 2.32 bits per heavy atom. The summed E-state index contributed by atoms with van der Waals surface area (Å²) in [6, 6.07) is 13.6. The summed E-state index contributed by atoms with van der Waals surface area (Å²) in [6.07, 6.45) is -6.41. The van der Waals surface area contributed by atoms with E-state index in [-0.39, 0.29) is 5.75 Å². The molecule has 150 valence electrons. The lowest BCUT2D eigenvalue weighted by molar-refractivity contribution is -0.275. The number of rotatable bonds is 5. The van der Waals surface area contributed by atoms with Crippen LogP contribution in [0.5, 0.6) is 11.5 Å². The van der Waals surface area contributed by atoms with Gasteiger partial charge in [-0.15, -0.1) is 0 Å². The largest absolute Gasteiger partial charge is 0.462 e. The van der Waals surface area contributed by atoms with E-state index < -0.39 is 48.4 Å². The number of benzene rings is 2. The average Bonchev–Trinajstić information content (AvgIpc) is 2.70. The molecule has 0 aliphatic carbocycles. The summed E-state index contributed by atoms with van der Waals surface area (Å²) < 4.78 is 34.6. The molecule has 0 spiro atoms. The van der Waals surface area contributed by atoms with E-state index in [1.165, 1.54) is 24.3 Å². The van der Waals surface area contributed by atoms with Crippen LogP contribution in [-0.2, 0) is 9.47 Å². The maximum Gasteiger partial charge on any atom is 0.358 e. The van der Waals surface area contributed by atoms with E-state index in [2.05, 4.69) is 0 Å². The maximum atomic E-state index is 13.0. The SMILES string of the molecule is OC[C@H]1O[C@H](Oc2ccccc2)[C@H](O)[C@@H](OC(=S)Oc2ccc(F)cc2)[C@H]1O. The molecule has 1 heterocycles. The van der Waals surface area contributed by atoms with Crippen molar-refractivity contribution in [2.75, 3.05) is 6.61 Å². The smallest absolute Gasteiger partial charge is 0.358 e. The van der Waals surface area contributed by atoms with Crippen LogP contribution in [0.2, 0.25) is 0 Å². The van der Waals surface area contributed by atoms with E-state index in [1.54, 1.807) is 30.3 Å². The summed E-state index contributed by atoms with van der Waals surface area (Å²) in [6.45, 7) is -0.534. The third kappa shape index (κ3) is 4.94. The van der Waals surface area contributed by atoms with Gasteiger partial charge in [-0.05, 0) is 36.4 Å². The molecule has 1 fully saturated rings. The predicted molar refractivity (Wildman–Crippen MR) is 99.3 cm³/mol. The average molecular weight is 410 g/mol. The van der Waals surface area contributed by atoms with Crippen LogP contribution < -0.4 is 9.47 Å². The van der Waals surface area contributed by atoms with Crippen LogP contribution in [0.15, 0.2) is 54.6 Å². The van der Waals surface area contributed by atoms with Gasteiger partial charge in [0.15, 0.2) is 12.2 Å². The maximum absolute atomic E-state index is 13.0. The highest BCUT2D eigenvalue weighted by molar-refractivity contribution is 7.79. The summed E-state index contributed by atoms with van der Waals surface area (Å²) >= 11 is 4.99. The van der Waals surface area contributed by atoms with Gasteiger partial charge in [-0.2, -0.15) is 0 Å². The molecule has 0 aromatic heterocycles. The normalized spacial score (nSPS) is 27.1. The second-order valence-corrected chi connectivity index (χ2v) is 6.36. The van der Waals surface area contributed by atoms with Gasteiger partial charge >= 0.3 is 5.24 Å². The lowest BCUT2D eigenvalue weighted by Gasteiger charge is -2.41. The third-order valence-electron chi connectivity index (χ3n) is 4.06. The van der Waals surface area contributed by atoms with Crippen molar-refractivity contribution in [2.24, 2.45) is 0 Å². The molecule has 0 amide bonds. The van der Waals surface area contributed by atoms with Crippen molar-refractivity contribution in [1.82, 2.24) is 0 Å². The summed E-state index contributed by atoms with van der Waals surface area (Å²) in [5.41, 5.74) is 0. The van der Waals surface area contributed by atoms with E-state index in [4.69, 9.17) is 31.2 Å². The predicted octanol–water partition coefficient (Wildman–Crippen LogP) is 1.39. The van der Waals surface area contributed by atoms with Gasteiger partial charge in [-0.3, -0.25) is 0 Å². The minimum atomic E-state index is -1.44. The zero-order chi connectivity index (χ0) is 20.1. The highest BCUT2D eigenvalue weighted by Gasteiger charge is 2.47. The van der Waals surface area contributed by atoms with E-state index in [0.29, 0.717) is 5.75 Å². The van der Waals surface area contributed by atoms with Crippen LogP contribution in [0, 0.1) is 5.82 Å². The summed E-state index contributed by atoms with van der Waals surface area (Å²) in [7, 11) is 0. The van der Waals surface area contributed by atoms with Crippen molar-refractivity contribution in [1.29, 1.82) is 0 Å². The van der Waals surface area contributed by atoms with E-state index in [9.17, 15) is 19.7 Å². The van der Waals surface area contributed by atoms with Crippen molar-refractivity contribution in [3.05, 3.63) is 60.4 Å². The van der Waals surface area contributed by atoms with Crippen molar-refractivity contribution >= 4 is 17.5 Å². The van der Waals surface area contributed by atoms with Gasteiger partial charge in [-0.1, -0.05) is 18.2 Å². The van der Waals surface area contributed by atoms with Crippen molar-refractivity contribution in [2.45, 2.75) is 30.7 Å². The Kier molecular flexibility index (Phi) is 6.76. The van der Waals surface area contributed by atoms with Gasteiger partial charge in [0.25, 0.3) is 0 Å². The molecule has 3 rings (SSSR count). The fourth-order valence-corrected chi connectivity index (χ4v) is 2.86. The van der Waals surface area contributed by atoms with Gasteiger partial charge in [0.2, 0.25) is 6.29 Å². The fourth-order valence-electron chi connectivity index (χ4n) is 2.66. The minimum Gasteiger partial charge on any atom is -0.462 e. The van der Waals surface area contributed by atoms with Gasteiger partial charge in [0, 0.05) is 12.2 Å². The van der Waals surface area contributed by atoms with Crippen LogP contribution in [0.1, 0.15) is 0 Å². The molecule has 0 saturated carbocycles. The molecule has 0 unspecified atom stereocenters. The Hall–Kier alpha value is -2.30. The van der Waals surface area contributed by atoms with Crippen LogP contribution in [0.25, 0.3) is 0 Å². The standard InChI is InChI=1S/C19H19FO7S/c20-11-6-8-13(9-7-11)25-19(28)27-17-15(22)14(10-21)26-18(16(17)23)24-12-4-2-1-3-5-12/h1-9,14-18,21-23H,10H2/t14-,15+,16-,17+,18+/m1/s1. The number of halogens is 1. The molecule has 28 heavy (non-hydrogen) atoms. The number of aliphatic hydroxyl groups is 3. The molecular formula is C19H19FO7S. The molecule has 1 saturated heterocycles. The van der Waals surface area contributed by atoms with Crippen molar-refractivity contribution in [3.8, 4) is 11.5 Å². The van der Waals surface area contributed by atoms with Gasteiger partial charge in [-0.25, -0.2) is 4.39 Å². The minimum absolute atomic E-state index is 0.221. The van der Waals surface area contributed by atoms with Gasteiger partial charge in [0.05, 0.1) is 6.61 Å². The molecule has 0 radical (unpaired) electrons. The molecule has 2 aromatic carbocycles. The highest BCUT2D eigenvalue weighted by atomic mass is 32.1. The monoisotopic (exact) mass is 410 g/mol. The van der Waals surface area contributed by atoms with E-state index >= 15 is 0 Å². The van der Waals surface area contributed by atoms with Crippen molar-refractivity contribution in [3.63, 3.8) is 0 Å². The molecular weight excluding hydrogens is 391 g/mol. The first-order valence-corrected chi connectivity index (χ1v) is 8.87. The number of thiocarbonyl (C=S) groups is 1. The molecule has 9 heteroatoms. The fraction of sp³-hybridized carbons (Fsp3) is 0.316. The Balaban J connectivity index is 1.69. The number of ether oxygens (including phenoxy) is 4. The van der Waals surface area contributed by atoms with Crippen LogP contribution in [-0.4, -0.2) is 57.9 Å². The zero-order valence-corrected chi connectivity index (χ0v) is 15.4. The zero-order valence-electron chi connectivity index (χ0n) is 14.6. The Labute approximate surface area is 165 Å². The quantitative estimate of drug-likeness (QED) is 0.637. The van der Waals surface area contributed by atoms with E-state index in [1.807, 2.05) is 0 Å². The van der Waals surface area contributed by atoms with Gasteiger partial charge in [0.1, 0.15) is 29.5 Å².